The molecule has 0 aliphatic carbocycles. The maximum Gasteiger partial charge on any atom is 0.573 e. The van der Waals surface area contributed by atoms with E-state index in [2.05, 4.69) is 4.74 Å². The number of halogens is 6. The number of nitrogens with zero attached hydrogens (tertiary/aromatic N) is 1. The lowest BCUT2D eigenvalue weighted by Crippen LogP contribution is -2.26. The number of nitriles is 1. The van der Waals surface area contributed by atoms with E-state index in [0.29, 0.717) is 6.07 Å². The lowest BCUT2D eigenvalue weighted by molar-refractivity contribution is -0.277. The number of aromatic nitrogens is 1. The number of H-pyrrole nitrogens is 1. The summed E-state index contributed by atoms with van der Waals surface area (Å²) in [4.78, 5) is 12.8. The number of ether oxygens (including phenoxy) is 1. The van der Waals surface area contributed by atoms with E-state index in [-0.39, 0.29) is 0 Å². The first-order valence-corrected chi connectivity index (χ1v) is 4.50. The van der Waals surface area contributed by atoms with E-state index < -0.39 is 41.5 Å². The fraction of sp³-hybridized carbons (Fsp3) is 0.333. The van der Waals surface area contributed by atoms with Gasteiger partial charge in [0.05, 0.1) is 12.5 Å². The largest absolute Gasteiger partial charge is 0.573 e. The van der Waals surface area contributed by atoms with Crippen LogP contribution in [0.25, 0.3) is 0 Å². The molecule has 0 spiro atoms. The molecule has 0 saturated carbocycles. The van der Waals surface area contributed by atoms with Crippen LogP contribution in [0.2, 0.25) is 0 Å². The molecule has 0 aromatic carbocycles. The molecule has 0 saturated heterocycles. The van der Waals surface area contributed by atoms with E-state index in [1.165, 1.54) is 6.07 Å². The summed E-state index contributed by atoms with van der Waals surface area (Å²) in [6.45, 7) is 0. The van der Waals surface area contributed by atoms with E-state index >= 15 is 0 Å². The average molecular weight is 286 g/mol. The monoisotopic (exact) mass is 286 g/mol. The second-order valence-electron chi connectivity index (χ2n) is 3.24. The molecule has 0 radical (unpaired) electrons. The highest BCUT2D eigenvalue weighted by atomic mass is 19.4. The number of alkyl halides is 6. The molecule has 1 N–H and O–H groups in total. The molecule has 4 nitrogen and oxygen atoms in total. The molecule has 104 valence electrons. The SMILES string of the molecule is N#CCc1cc(=O)c(OC(F)(F)F)c(C(F)(F)F)[nH]1. The van der Waals surface area contributed by atoms with E-state index in [1.807, 2.05) is 0 Å². The molecule has 0 bridgehead atoms. The smallest absolute Gasteiger partial charge is 0.399 e. The summed E-state index contributed by atoms with van der Waals surface area (Å²) in [5.74, 6) is -1.90. The summed E-state index contributed by atoms with van der Waals surface area (Å²) < 4.78 is 76.5. The Hall–Kier alpha value is -2.18. The maximum atomic E-state index is 12.5. The zero-order valence-electron chi connectivity index (χ0n) is 8.82. The van der Waals surface area contributed by atoms with Gasteiger partial charge in [0, 0.05) is 11.8 Å². The van der Waals surface area contributed by atoms with Crippen molar-refractivity contribution >= 4 is 0 Å². The molecule has 0 fully saturated rings. The Balaban J connectivity index is 3.45. The van der Waals surface area contributed by atoms with Crippen molar-refractivity contribution in [2.24, 2.45) is 0 Å². The highest BCUT2D eigenvalue weighted by molar-refractivity contribution is 5.32. The van der Waals surface area contributed by atoms with Crippen LogP contribution in [-0.4, -0.2) is 11.3 Å². The summed E-state index contributed by atoms with van der Waals surface area (Å²) >= 11 is 0. The number of hydrogen-bond acceptors (Lipinski definition) is 3. The van der Waals surface area contributed by atoms with Crippen LogP contribution in [0.15, 0.2) is 10.9 Å². The van der Waals surface area contributed by atoms with Gasteiger partial charge in [0.15, 0.2) is 5.69 Å². The molecule has 1 rings (SSSR count). The first kappa shape index (κ1) is 14.9. The molecule has 0 aliphatic heterocycles. The van der Waals surface area contributed by atoms with Gasteiger partial charge in [0.1, 0.15) is 0 Å². The van der Waals surface area contributed by atoms with Crippen LogP contribution in [0.1, 0.15) is 11.4 Å². The van der Waals surface area contributed by atoms with Gasteiger partial charge in [-0.15, -0.1) is 13.2 Å². The number of pyridine rings is 1. The van der Waals surface area contributed by atoms with Crippen molar-refractivity contribution in [3.8, 4) is 11.8 Å². The summed E-state index contributed by atoms with van der Waals surface area (Å²) in [5.41, 5.74) is -4.06. The van der Waals surface area contributed by atoms with Gasteiger partial charge in [0.2, 0.25) is 11.2 Å². The normalized spacial score (nSPS) is 12.1. The molecule has 1 heterocycles. The highest BCUT2D eigenvalue weighted by Crippen LogP contribution is 2.35. The lowest BCUT2D eigenvalue weighted by atomic mass is 10.2. The highest BCUT2D eigenvalue weighted by Gasteiger charge is 2.41. The molecule has 0 atom stereocenters. The van der Waals surface area contributed by atoms with Crippen LogP contribution >= 0.6 is 0 Å². The van der Waals surface area contributed by atoms with Crippen LogP contribution in [0.5, 0.6) is 5.75 Å². The Morgan fingerprint density at radius 3 is 2.26 bits per heavy atom. The lowest BCUT2D eigenvalue weighted by Gasteiger charge is -2.15. The minimum atomic E-state index is -5.44. The predicted octanol–water partition coefficient (Wildman–Crippen LogP) is 2.36. The molecule has 10 heteroatoms. The zero-order chi connectivity index (χ0) is 14.8. The van der Waals surface area contributed by atoms with E-state index in [1.54, 1.807) is 4.98 Å². The number of rotatable bonds is 2. The number of nitrogens with one attached hydrogen (secondary N) is 1. The van der Waals surface area contributed by atoms with Crippen molar-refractivity contribution in [1.82, 2.24) is 4.98 Å². The van der Waals surface area contributed by atoms with Gasteiger partial charge in [-0.05, 0) is 0 Å². The molecule has 1 aromatic heterocycles. The fourth-order valence-corrected chi connectivity index (χ4v) is 1.20. The second kappa shape index (κ2) is 4.83. The fourth-order valence-electron chi connectivity index (χ4n) is 1.20. The molecule has 0 amide bonds. The predicted molar refractivity (Wildman–Crippen MR) is 48.1 cm³/mol. The minimum absolute atomic E-state index is 0.444. The Morgan fingerprint density at radius 1 is 1.26 bits per heavy atom. The standard InChI is InChI=1S/C9H4F6N2O2/c10-8(11,12)7-6(19-9(13,14)15)5(18)3-4(17-7)1-2-16/h3H,1H2,(H,17,18). The van der Waals surface area contributed by atoms with Crippen molar-refractivity contribution < 1.29 is 31.1 Å². The third kappa shape index (κ3) is 3.90. The van der Waals surface area contributed by atoms with E-state index in [4.69, 9.17) is 5.26 Å². The van der Waals surface area contributed by atoms with Crippen LogP contribution in [0.3, 0.4) is 0 Å². The van der Waals surface area contributed by atoms with Crippen LogP contribution < -0.4 is 10.2 Å². The Bertz CT molecular complexity index is 566. The minimum Gasteiger partial charge on any atom is -0.399 e. The van der Waals surface area contributed by atoms with Gasteiger partial charge in [-0.1, -0.05) is 0 Å². The molecule has 0 aliphatic rings. The third-order valence-corrected chi connectivity index (χ3v) is 1.81. The molecular weight excluding hydrogens is 282 g/mol. The Labute approximate surface area is 101 Å². The van der Waals surface area contributed by atoms with Gasteiger partial charge < -0.3 is 9.72 Å². The quantitative estimate of drug-likeness (QED) is 0.849. The first-order chi connectivity index (χ1) is 8.54. The Morgan fingerprint density at radius 2 is 1.84 bits per heavy atom. The van der Waals surface area contributed by atoms with E-state index in [0.717, 1.165) is 0 Å². The summed E-state index contributed by atoms with van der Waals surface area (Å²) in [5, 5.41) is 8.30. The van der Waals surface area contributed by atoms with Gasteiger partial charge in [-0.2, -0.15) is 18.4 Å². The first-order valence-electron chi connectivity index (χ1n) is 4.50. The summed E-state index contributed by atoms with van der Waals surface area (Å²) in [7, 11) is 0. The number of hydrogen-bond donors (Lipinski definition) is 1. The maximum absolute atomic E-state index is 12.5. The molecular formula is C9H4F6N2O2. The van der Waals surface area contributed by atoms with Gasteiger partial charge in [-0.25, -0.2) is 0 Å². The molecule has 0 unspecified atom stereocenters. The number of aromatic amines is 1. The van der Waals surface area contributed by atoms with Crippen LogP contribution in [0.4, 0.5) is 26.3 Å². The summed E-state index contributed by atoms with van der Waals surface area (Å²) in [6, 6.07) is 1.90. The van der Waals surface area contributed by atoms with Crippen molar-refractivity contribution in [3.63, 3.8) is 0 Å². The topological polar surface area (TPSA) is 65.9 Å². The van der Waals surface area contributed by atoms with Crippen molar-refractivity contribution in [1.29, 1.82) is 5.26 Å². The Kier molecular flexibility index (Phi) is 3.78. The zero-order valence-corrected chi connectivity index (χ0v) is 8.82. The average Bonchev–Trinajstić information content (AvgIpc) is 2.18. The third-order valence-electron chi connectivity index (χ3n) is 1.81. The summed E-state index contributed by atoms with van der Waals surface area (Å²) in [6.07, 6.45) is -11.3. The van der Waals surface area contributed by atoms with Crippen molar-refractivity contribution in [3.05, 3.63) is 27.7 Å². The van der Waals surface area contributed by atoms with Crippen molar-refractivity contribution in [2.75, 3.05) is 0 Å². The van der Waals surface area contributed by atoms with Crippen LogP contribution in [0, 0.1) is 11.3 Å². The van der Waals surface area contributed by atoms with Gasteiger partial charge >= 0.3 is 12.5 Å². The van der Waals surface area contributed by atoms with Gasteiger partial charge in [0.25, 0.3) is 0 Å². The van der Waals surface area contributed by atoms with Crippen molar-refractivity contribution in [2.45, 2.75) is 19.0 Å². The van der Waals surface area contributed by atoms with Gasteiger partial charge in [-0.3, -0.25) is 4.79 Å². The van der Waals surface area contributed by atoms with E-state index in [9.17, 15) is 31.1 Å². The molecule has 19 heavy (non-hydrogen) atoms. The second-order valence-corrected chi connectivity index (χ2v) is 3.24. The van der Waals surface area contributed by atoms with Crippen LogP contribution in [-0.2, 0) is 12.6 Å². The molecule has 1 aromatic rings.